The highest BCUT2D eigenvalue weighted by Crippen LogP contribution is 2.30. The first-order valence-electron chi connectivity index (χ1n) is 4.62. The van der Waals surface area contributed by atoms with E-state index in [0.29, 0.717) is 18.6 Å². The van der Waals surface area contributed by atoms with Gasteiger partial charge in [0.2, 0.25) is 0 Å². The first kappa shape index (κ1) is 9.64. The van der Waals surface area contributed by atoms with Crippen LogP contribution in [0.3, 0.4) is 0 Å². The fourth-order valence-corrected chi connectivity index (χ4v) is 1.58. The number of ether oxygens (including phenoxy) is 1. The van der Waals surface area contributed by atoms with Gasteiger partial charge >= 0.3 is 6.09 Å². The van der Waals surface area contributed by atoms with Crippen LogP contribution in [0.15, 0.2) is 18.2 Å². The third-order valence-electron chi connectivity index (χ3n) is 2.32. The lowest BCUT2D eigenvalue weighted by atomic mass is 10.0. The highest BCUT2D eigenvalue weighted by Gasteiger charge is 2.23. The molecule has 1 aromatic rings. The Balaban J connectivity index is 2.27. The summed E-state index contributed by atoms with van der Waals surface area (Å²) in [6.45, 7) is 0.311. The summed E-state index contributed by atoms with van der Waals surface area (Å²) >= 11 is 0. The maximum absolute atomic E-state index is 11.0. The zero-order valence-electron chi connectivity index (χ0n) is 7.93. The van der Waals surface area contributed by atoms with E-state index in [1.54, 1.807) is 0 Å². The van der Waals surface area contributed by atoms with Gasteiger partial charge in [-0.25, -0.2) is 4.79 Å². The lowest BCUT2D eigenvalue weighted by Gasteiger charge is -2.24. The molecule has 15 heavy (non-hydrogen) atoms. The molecule has 0 bridgehead atoms. The van der Waals surface area contributed by atoms with Crippen LogP contribution in [0.2, 0.25) is 0 Å². The van der Waals surface area contributed by atoms with Crippen molar-refractivity contribution in [3.8, 4) is 11.5 Å². The zero-order valence-corrected chi connectivity index (χ0v) is 7.93. The smallest absolute Gasteiger partial charge is 0.407 e. The molecule has 1 atom stereocenters. The predicted molar refractivity (Wildman–Crippen MR) is 51.6 cm³/mol. The molecule has 0 radical (unpaired) electrons. The molecule has 1 aliphatic heterocycles. The molecule has 5 heteroatoms. The Labute approximate surface area is 86.3 Å². The van der Waals surface area contributed by atoms with E-state index < -0.39 is 6.09 Å². The molecule has 1 heterocycles. The summed E-state index contributed by atoms with van der Waals surface area (Å²) in [4.78, 5) is 11.0. The Morgan fingerprint density at radius 3 is 2.93 bits per heavy atom. The highest BCUT2D eigenvalue weighted by molar-refractivity contribution is 5.69. The van der Waals surface area contributed by atoms with E-state index in [0.717, 1.165) is 0 Å². The van der Waals surface area contributed by atoms with Gasteiger partial charge < -0.3 is 20.3 Å². The van der Waals surface area contributed by atoms with Gasteiger partial charge in [0.15, 0.2) is 0 Å². The van der Waals surface area contributed by atoms with Gasteiger partial charge in [0.05, 0.1) is 12.6 Å². The molecule has 0 aliphatic carbocycles. The van der Waals surface area contributed by atoms with E-state index in [-0.39, 0.29) is 17.5 Å². The molecule has 0 spiro atoms. The summed E-state index contributed by atoms with van der Waals surface area (Å²) < 4.78 is 4.71. The number of carbonyl (C=O) groups is 1. The highest BCUT2D eigenvalue weighted by atomic mass is 16.5. The second-order valence-electron chi connectivity index (χ2n) is 3.36. The van der Waals surface area contributed by atoms with Crippen LogP contribution < -0.4 is 5.32 Å². The molecular weight excluding hydrogens is 198 g/mol. The van der Waals surface area contributed by atoms with Crippen LogP contribution in [0.1, 0.15) is 18.0 Å². The van der Waals surface area contributed by atoms with Crippen molar-refractivity contribution in [3.63, 3.8) is 0 Å². The third kappa shape index (κ3) is 1.96. The number of nitrogens with one attached hydrogen (secondary N) is 1. The van der Waals surface area contributed by atoms with Crippen molar-refractivity contribution in [1.29, 1.82) is 0 Å². The van der Waals surface area contributed by atoms with Gasteiger partial charge in [-0.05, 0) is 18.2 Å². The number of rotatable bonds is 1. The number of alkyl carbamates (subject to hydrolysis) is 1. The lowest BCUT2D eigenvalue weighted by Crippen LogP contribution is -2.35. The number of amides is 1. The van der Waals surface area contributed by atoms with Gasteiger partial charge in [0.25, 0.3) is 0 Å². The van der Waals surface area contributed by atoms with Crippen molar-refractivity contribution in [3.05, 3.63) is 23.8 Å². The van der Waals surface area contributed by atoms with Gasteiger partial charge in [-0.2, -0.15) is 0 Å². The maximum Gasteiger partial charge on any atom is 0.407 e. The standard InChI is InChI=1S/C10H11NO4/c12-6-1-2-9(13)7(5-6)8-3-4-15-10(14)11-8/h1-2,5,8,12-13H,3-4H2,(H,11,14)/t8-/m1/s1. The Bertz CT molecular complexity index is 391. The van der Waals surface area contributed by atoms with Crippen molar-refractivity contribution >= 4 is 6.09 Å². The first-order chi connectivity index (χ1) is 7.16. The Morgan fingerprint density at radius 2 is 2.20 bits per heavy atom. The Kier molecular flexibility index (Phi) is 2.37. The number of phenols is 2. The van der Waals surface area contributed by atoms with Crippen LogP contribution in [0, 0.1) is 0 Å². The number of aromatic hydroxyl groups is 2. The van der Waals surface area contributed by atoms with Crippen LogP contribution in [0.5, 0.6) is 11.5 Å². The molecule has 3 N–H and O–H groups in total. The van der Waals surface area contributed by atoms with Gasteiger partial charge in [0.1, 0.15) is 11.5 Å². The molecule has 1 amide bonds. The molecule has 2 rings (SSSR count). The van der Waals surface area contributed by atoms with Crippen LogP contribution in [-0.4, -0.2) is 22.9 Å². The topological polar surface area (TPSA) is 78.8 Å². The van der Waals surface area contributed by atoms with Gasteiger partial charge in [-0.1, -0.05) is 0 Å². The van der Waals surface area contributed by atoms with Gasteiger partial charge in [-0.3, -0.25) is 0 Å². The van der Waals surface area contributed by atoms with Crippen molar-refractivity contribution in [2.75, 3.05) is 6.61 Å². The molecular formula is C10H11NO4. The maximum atomic E-state index is 11.0. The summed E-state index contributed by atoms with van der Waals surface area (Å²) in [7, 11) is 0. The molecule has 0 aromatic heterocycles. The fourth-order valence-electron chi connectivity index (χ4n) is 1.58. The minimum absolute atomic E-state index is 0.0556. The monoisotopic (exact) mass is 209 g/mol. The molecule has 80 valence electrons. The van der Waals surface area contributed by atoms with Crippen molar-refractivity contribution in [1.82, 2.24) is 5.32 Å². The second-order valence-corrected chi connectivity index (χ2v) is 3.36. The lowest BCUT2D eigenvalue weighted by molar-refractivity contribution is 0.115. The van der Waals surface area contributed by atoms with E-state index >= 15 is 0 Å². The number of carbonyl (C=O) groups excluding carboxylic acids is 1. The van der Waals surface area contributed by atoms with E-state index in [4.69, 9.17) is 4.74 Å². The summed E-state index contributed by atoms with van der Waals surface area (Å²) in [5.74, 6) is 0.114. The van der Waals surface area contributed by atoms with Gasteiger partial charge in [-0.15, -0.1) is 0 Å². The van der Waals surface area contributed by atoms with E-state index in [1.165, 1.54) is 18.2 Å². The Morgan fingerprint density at radius 1 is 1.40 bits per heavy atom. The molecule has 1 aliphatic rings. The minimum atomic E-state index is -0.506. The SMILES string of the molecule is O=C1N[C@@H](c2cc(O)ccc2O)CCO1. The third-order valence-corrected chi connectivity index (χ3v) is 2.32. The molecule has 1 saturated heterocycles. The van der Waals surface area contributed by atoms with Crippen LogP contribution in [-0.2, 0) is 4.74 Å². The molecule has 1 fully saturated rings. The minimum Gasteiger partial charge on any atom is -0.508 e. The molecule has 1 aromatic carbocycles. The average Bonchev–Trinajstić information content (AvgIpc) is 2.22. The summed E-state index contributed by atoms with van der Waals surface area (Å²) in [5, 5.41) is 21.4. The summed E-state index contributed by atoms with van der Waals surface area (Å²) in [5.41, 5.74) is 0.506. The number of phenolic OH excluding ortho intramolecular Hbond substituents is 2. The van der Waals surface area contributed by atoms with E-state index in [2.05, 4.69) is 5.32 Å². The van der Waals surface area contributed by atoms with Crippen LogP contribution in [0.25, 0.3) is 0 Å². The van der Waals surface area contributed by atoms with E-state index in [9.17, 15) is 15.0 Å². The number of hydrogen-bond donors (Lipinski definition) is 3. The number of hydrogen-bond acceptors (Lipinski definition) is 4. The normalized spacial score (nSPS) is 20.5. The average molecular weight is 209 g/mol. The second kappa shape index (κ2) is 3.68. The predicted octanol–water partition coefficient (Wildman–Crippen LogP) is 1.27. The van der Waals surface area contributed by atoms with E-state index in [1.807, 2.05) is 0 Å². The number of cyclic esters (lactones) is 1. The summed E-state index contributed by atoms with van der Waals surface area (Å²) in [6, 6.07) is 3.91. The zero-order chi connectivity index (χ0) is 10.8. The van der Waals surface area contributed by atoms with Gasteiger partial charge in [0, 0.05) is 12.0 Å². The fraction of sp³-hybridized carbons (Fsp3) is 0.300. The Hall–Kier alpha value is -1.91. The van der Waals surface area contributed by atoms with Crippen LogP contribution in [0.4, 0.5) is 4.79 Å². The largest absolute Gasteiger partial charge is 0.508 e. The quantitative estimate of drug-likeness (QED) is 0.608. The van der Waals surface area contributed by atoms with Crippen molar-refractivity contribution in [2.45, 2.75) is 12.5 Å². The summed E-state index contributed by atoms with van der Waals surface area (Å²) in [6.07, 6.45) is 0.0666. The number of benzene rings is 1. The first-order valence-corrected chi connectivity index (χ1v) is 4.62. The molecule has 0 unspecified atom stereocenters. The van der Waals surface area contributed by atoms with Crippen LogP contribution >= 0.6 is 0 Å². The van der Waals surface area contributed by atoms with Crippen molar-refractivity contribution < 1.29 is 19.7 Å². The van der Waals surface area contributed by atoms with Crippen molar-refractivity contribution in [2.24, 2.45) is 0 Å². The molecule has 0 saturated carbocycles. The molecule has 5 nitrogen and oxygen atoms in total.